The molecule has 0 atom stereocenters. The van der Waals surface area contributed by atoms with E-state index >= 15 is 0 Å². The molecule has 1 aliphatic carbocycles. The summed E-state index contributed by atoms with van der Waals surface area (Å²) in [6.07, 6.45) is 4.30. The Bertz CT molecular complexity index is 568. The number of nitrogens with zero attached hydrogens (tertiary/aromatic N) is 1. The number of carbonyl (C=O) groups is 2. The molecule has 0 aliphatic heterocycles. The molecule has 1 N–H and O–H groups in total. The maximum atomic E-state index is 12.3. The van der Waals surface area contributed by atoms with Crippen LogP contribution in [0, 0.1) is 0 Å². The van der Waals surface area contributed by atoms with Crippen molar-refractivity contribution in [3.63, 3.8) is 0 Å². The summed E-state index contributed by atoms with van der Waals surface area (Å²) in [6.45, 7) is 1.40. The van der Waals surface area contributed by atoms with Crippen molar-refractivity contribution in [2.24, 2.45) is 0 Å². The average Bonchev–Trinajstić information content (AvgIpc) is 3.04. The van der Waals surface area contributed by atoms with E-state index in [1.807, 2.05) is 0 Å². The molecule has 2 amide bonds. The zero-order chi connectivity index (χ0) is 16.8. The third-order valence-electron chi connectivity index (χ3n) is 4.08. The fraction of sp³-hybridized carbons (Fsp3) is 0.529. The van der Waals surface area contributed by atoms with Gasteiger partial charge in [-0.2, -0.15) is 0 Å². The van der Waals surface area contributed by atoms with E-state index in [2.05, 4.69) is 5.32 Å². The fourth-order valence-corrected chi connectivity index (χ4v) is 2.86. The van der Waals surface area contributed by atoms with E-state index in [1.165, 1.54) is 18.9 Å². The number of rotatable bonds is 6. The molecule has 1 aromatic carbocycles. The molecule has 0 saturated heterocycles. The van der Waals surface area contributed by atoms with Crippen LogP contribution in [0.5, 0.6) is 11.5 Å². The summed E-state index contributed by atoms with van der Waals surface area (Å²) in [7, 11) is 3.08. The third-order valence-corrected chi connectivity index (χ3v) is 4.08. The van der Waals surface area contributed by atoms with E-state index in [4.69, 9.17) is 9.47 Å². The van der Waals surface area contributed by atoms with Crippen LogP contribution in [0.3, 0.4) is 0 Å². The summed E-state index contributed by atoms with van der Waals surface area (Å²) in [6, 6.07) is 5.39. The van der Waals surface area contributed by atoms with Gasteiger partial charge in [0.25, 0.3) is 0 Å². The number of hydrogen-bond donors (Lipinski definition) is 1. The number of amides is 2. The molecule has 1 saturated carbocycles. The molecule has 0 heterocycles. The topological polar surface area (TPSA) is 67.9 Å². The predicted octanol–water partition coefficient (Wildman–Crippen LogP) is 2.12. The Hall–Kier alpha value is -2.24. The van der Waals surface area contributed by atoms with Crippen molar-refractivity contribution in [1.82, 2.24) is 5.32 Å². The summed E-state index contributed by atoms with van der Waals surface area (Å²) >= 11 is 0. The number of methoxy groups -OCH3 is 2. The minimum atomic E-state index is -0.224. The van der Waals surface area contributed by atoms with E-state index in [0.29, 0.717) is 17.2 Å². The molecule has 1 aromatic rings. The number of nitrogens with one attached hydrogen (secondary N) is 1. The van der Waals surface area contributed by atoms with Crippen LogP contribution in [0.4, 0.5) is 5.69 Å². The first-order valence-electron chi connectivity index (χ1n) is 7.84. The Balaban J connectivity index is 2.17. The molecule has 0 unspecified atom stereocenters. The largest absolute Gasteiger partial charge is 0.497 e. The highest BCUT2D eigenvalue weighted by Gasteiger charge is 2.23. The third kappa shape index (κ3) is 4.37. The van der Waals surface area contributed by atoms with E-state index in [0.717, 1.165) is 25.7 Å². The lowest BCUT2D eigenvalue weighted by atomic mass is 10.2. The van der Waals surface area contributed by atoms with Gasteiger partial charge in [0.15, 0.2) is 0 Å². The van der Waals surface area contributed by atoms with Crippen molar-refractivity contribution < 1.29 is 19.1 Å². The van der Waals surface area contributed by atoms with Gasteiger partial charge in [0.2, 0.25) is 11.8 Å². The second-order valence-corrected chi connectivity index (χ2v) is 5.69. The van der Waals surface area contributed by atoms with Gasteiger partial charge in [0, 0.05) is 19.0 Å². The molecule has 2 rings (SSSR count). The van der Waals surface area contributed by atoms with E-state index < -0.39 is 0 Å². The Morgan fingerprint density at radius 3 is 2.48 bits per heavy atom. The molecule has 6 nitrogen and oxygen atoms in total. The fourth-order valence-electron chi connectivity index (χ4n) is 2.86. The minimum absolute atomic E-state index is 0.0324. The van der Waals surface area contributed by atoms with E-state index in [-0.39, 0.29) is 24.4 Å². The van der Waals surface area contributed by atoms with Crippen LogP contribution < -0.4 is 19.7 Å². The number of hydrogen-bond acceptors (Lipinski definition) is 4. The maximum absolute atomic E-state index is 12.3. The van der Waals surface area contributed by atoms with Gasteiger partial charge in [0.05, 0.1) is 19.9 Å². The highest BCUT2D eigenvalue weighted by atomic mass is 16.5. The molecule has 0 aromatic heterocycles. The molecule has 126 valence electrons. The molecule has 0 spiro atoms. The van der Waals surface area contributed by atoms with Crippen molar-refractivity contribution in [3.8, 4) is 11.5 Å². The maximum Gasteiger partial charge on any atom is 0.240 e. The molecule has 6 heteroatoms. The van der Waals surface area contributed by atoms with Gasteiger partial charge in [-0.05, 0) is 25.0 Å². The second kappa shape index (κ2) is 7.85. The van der Waals surface area contributed by atoms with Gasteiger partial charge in [-0.3, -0.25) is 14.5 Å². The summed E-state index contributed by atoms with van der Waals surface area (Å²) in [5.74, 6) is 0.744. The van der Waals surface area contributed by atoms with Crippen LogP contribution in [0.15, 0.2) is 18.2 Å². The first-order chi connectivity index (χ1) is 11.0. The molecule has 0 radical (unpaired) electrons. The quantitative estimate of drug-likeness (QED) is 0.872. The van der Waals surface area contributed by atoms with Crippen LogP contribution in [0.2, 0.25) is 0 Å². The van der Waals surface area contributed by atoms with E-state index in [1.54, 1.807) is 25.3 Å². The first kappa shape index (κ1) is 17.1. The normalized spacial score (nSPS) is 14.4. The highest BCUT2D eigenvalue weighted by Crippen LogP contribution is 2.32. The Morgan fingerprint density at radius 1 is 1.22 bits per heavy atom. The SMILES string of the molecule is COc1ccc(OC)c(N(CC(=O)NC2CCCC2)C(C)=O)c1. The monoisotopic (exact) mass is 320 g/mol. The van der Waals surface area contributed by atoms with E-state index in [9.17, 15) is 9.59 Å². The number of benzene rings is 1. The smallest absolute Gasteiger partial charge is 0.240 e. The number of anilines is 1. The molecular weight excluding hydrogens is 296 g/mol. The molecule has 1 aliphatic rings. The van der Waals surface area contributed by atoms with Gasteiger partial charge in [-0.1, -0.05) is 12.8 Å². The summed E-state index contributed by atoms with van der Waals surface area (Å²) in [4.78, 5) is 25.7. The van der Waals surface area contributed by atoms with Crippen LogP contribution in [0.25, 0.3) is 0 Å². The van der Waals surface area contributed by atoms with Crippen molar-refractivity contribution in [2.75, 3.05) is 25.7 Å². The highest BCUT2D eigenvalue weighted by molar-refractivity contribution is 5.98. The Labute approximate surface area is 136 Å². The zero-order valence-corrected chi connectivity index (χ0v) is 13.9. The van der Waals surface area contributed by atoms with Gasteiger partial charge >= 0.3 is 0 Å². The van der Waals surface area contributed by atoms with Gasteiger partial charge in [-0.15, -0.1) is 0 Å². The number of ether oxygens (including phenoxy) is 2. The average molecular weight is 320 g/mol. The summed E-state index contributed by atoms with van der Waals surface area (Å²) < 4.78 is 10.5. The summed E-state index contributed by atoms with van der Waals surface area (Å²) in [5, 5.41) is 3.00. The van der Waals surface area contributed by atoms with Crippen LogP contribution >= 0.6 is 0 Å². The van der Waals surface area contributed by atoms with Crippen molar-refractivity contribution in [1.29, 1.82) is 0 Å². The van der Waals surface area contributed by atoms with Gasteiger partial charge < -0.3 is 14.8 Å². The minimum Gasteiger partial charge on any atom is -0.497 e. The van der Waals surface area contributed by atoms with Crippen LogP contribution in [-0.4, -0.2) is 38.6 Å². The standard InChI is InChI=1S/C17H24N2O4/c1-12(20)19(11-17(21)18-13-6-4-5-7-13)15-10-14(22-2)8-9-16(15)23-3/h8-10,13H,4-7,11H2,1-3H3,(H,18,21). The molecule has 23 heavy (non-hydrogen) atoms. The molecule has 1 fully saturated rings. The predicted molar refractivity (Wildman–Crippen MR) is 88.0 cm³/mol. The first-order valence-corrected chi connectivity index (χ1v) is 7.84. The Kier molecular flexibility index (Phi) is 5.84. The molecule has 0 bridgehead atoms. The van der Waals surface area contributed by atoms with Gasteiger partial charge in [-0.25, -0.2) is 0 Å². The van der Waals surface area contributed by atoms with Crippen molar-refractivity contribution in [3.05, 3.63) is 18.2 Å². The van der Waals surface area contributed by atoms with Gasteiger partial charge in [0.1, 0.15) is 18.0 Å². The van der Waals surface area contributed by atoms with Crippen molar-refractivity contribution >= 4 is 17.5 Å². The molecular formula is C17H24N2O4. The lowest BCUT2D eigenvalue weighted by molar-refractivity contribution is -0.123. The Morgan fingerprint density at radius 2 is 1.91 bits per heavy atom. The van der Waals surface area contributed by atoms with Crippen LogP contribution in [-0.2, 0) is 9.59 Å². The lowest BCUT2D eigenvalue weighted by Gasteiger charge is -2.24. The zero-order valence-electron chi connectivity index (χ0n) is 13.9. The summed E-state index contributed by atoms with van der Waals surface area (Å²) in [5.41, 5.74) is 0.529. The lowest BCUT2D eigenvalue weighted by Crippen LogP contribution is -2.43. The number of carbonyl (C=O) groups excluding carboxylic acids is 2. The second-order valence-electron chi connectivity index (χ2n) is 5.69. The van der Waals surface area contributed by atoms with Crippen molar-refractivity contribution in [2.45, 2.75) is 38.6 Å². The van der Waals surface area contributed by atoms with Crippen LogP contribution in [0.1, 0.15) is 32.6 Å².